The molecule has 2 amide bonds. The van der Waals surface area contributed by atoms with Crippen molar-refractivity contribution >= 4 is 17.7 Å². The molecule has 2 aromatic rings. The van der Waals surface area contributed by atoms with Gasteiger partial charge in [-0.3, -0.25) is 0 Å². The monoisotopic (exact) mass is 374 g/mol. The Morgan fingerprint density at radius 2 is 1.70 bits per heavy atom. The molecule has 8 nitrogen and oxygen atoms in total. The van der Waals surface area contributed by atoms with Crippen LogP contribution in [-0.2, 0) is 4.74 Å². The molecule has 2 rings (SSSR count). The average molecular weight is 374 g/mol. The van der Waals surface area contributed by atoms with Crippen LogP contribution in [0.1, 0.15) is 10.4 Å². The zero-order chi connectivity index (χ0) is 19.6. The van der Waals surface area contributed by atoms with Gasteiger partial charge in [-0.15, -0.1) is 0 Å². The van der Waals surface area contributed by atoms with E-state index in [-0.39, 0.29) is 13.2 Å². The van der Waals surface area contributed by atoms with Crippen LogP contribution >= 0.6 is 0 Å². The minimum absolute atomic E-state index is 0.235. The van der Waals surface area contributed by atoms with Crippen LogP contribution in [0.25, 0.3) is 0 Å². The smallest absolute Gasteiger partial charge is 0.337 e. The van der Waals surface area contributed by atoms with Crippen LogP contribution in [0.2, 0.25) is 0 Å². The lowest BCUT2D eigenvalue weighted by Crippen LogP contribution is -2.32. The van der Waals surface area contributed by atoms with Crippen molar-refractivity contribution in [1.82, 2.24) is 5.32 Å². The number of ether oxygens (including phenoxy) is 4. The lowest BCUT2D eigenvalue weighted by Gasteiger charge is -2.14. The van der Waals surface area contributed by atoms with E-state index in [1.165, 1.54) is 20.3 Å². The third-order valence-corrected chi connectivity index (χ3v) is 3.55. The molecule has 0 radical (unpaired) electrons. The Morgan fingerprint density at radius 1 is 0.963 bits per heavy atom. The molecule has 2 N–H and O–H groups in total. The summed E-state index contributed by atoms with van der Waals surface area (Å²) in [5, 5.41) is 5.31. The molecule has 2 aromatic carbocycles. The summed E-state index contributed by atoms with van der Waals surface area (Å²) >= 11 is 0. The maximum atomic E-state index is 12.0. The fourth-order valence-electron chi connectivity index (χ4n) is 2.31. The Bertz CT molecular complexity index is 794. The first-order valence-corrected chi connectivity index (χ1v) is 8.16. The topological polar surface area (TPSA) is 95.1 Å². The van der Waals surface area contributed by atoms with Crippen molar-refractivity contribution < 1.29 is 28.5 Å². The Hall–Kier alpha value is -3.42. The fraction of sp³-hybridized carbons (Fsp3) is 0.263. The number of hydrogen-bond donors (Lipinski definition) is 2. The van der Waals surface area contributed by atoms with Gasteiger partial charge in [0.15, 0.2) is 11.5 Å². The number of rotatable bonds is 8. The summed E-state index contributed by atoms with van der Waals surface area (Å²) < 4.78 is 20.8. The minimum Gasteiger partial charge on any atom is -0.493 e. The number of esters is 1. The first-order chi connectivity index (χ1) is 13.1. The highest BCUT2D eigenvalue weighted by Crippen LogP contribution is 2.36. The van der Waals surface area contributed by atoms with Crippen molar-refractivity contribution in [1.29, 1.82) is 0 Å². The first-order valence-electron chi connectivity index (χ1n) is 8.16. The molecule has 0 unspecified atom stereocenters. The van der Waals surface area contributed by atoms with Crippen LogP contribution in [0.4, 0.5) is 10.5 Å². The van der Waals surface area contributed by atoms with Crippen molar-refractivity contribution in [3.8, 4) is 17.2 Å². The molecule has 0 aliphatic rings. The summed E-state index contributed by atoms with van der Waals surface area (Å²) in [6.45, 7) is 0.502. The van der Waals surface area contributed by atoms with E-state index < -0.39 is 12.0 Å². The van der Waals surface area contributed by atoms with Crippen LogP contribution in [0.3, 0.4) is 0 Å². The number of carbonyl (C=O) groups is 2. The van der Waals surface area contributed by atoms with Crippen molar-refractivity contribution in [2.24, 2.45) is 0 Å². The molecule has 0 heterocycles. The van der Waals surface area contributed by atoms with Crippen molar-refractivity contribution in [3.05, 3.63) is 48.0 Å². The largest absolute Gasteiger partial charge is 0.493 e. The van der Waals surface area contributed by atoms with Gasteiger partial charge in [-0.1, -0.05) is 12.1 Å². The zero-order valence-electron chi connectivity index (χ0n) is 15.4. The van der Waals surface area contributed by atoms with Crippen molar-refractivity contribution in [2.75, 3.05) is 39.8 Å². The second kappa shape index (κ2) is 9.91. The van der Waals surface area contributed by atoms with Gasteiger partial charge in [0, 0.05) is 5.69 Å². The predicted octanol–water partition coefficient (Wildman–Crippen LogP) is 2.69. The summed E-state index contributed by atoms with van der Waals surface area (Å²) in [5.74, 6) is 1.10. The number of para-hydroxylation sites is 1. The van der Waals surface area contributed by atoms with E-state index in [9.17, 15) is 9.59 Å². The molecule has 0 atom stereocenters. The molecule has 0 aliphatic heterocycles. The summed E-state index contributed by atoms with van der Waals surface area (Å²) in [6, 6.07) is 11.3. The lowest BCUT2D eigenvalue weighted by molar-refractivity contribution is 0.0600. The van der Waals surface area contributed by atoms with E-state index in [0.29, 0.717) is 28.5 Å². The molecule has 27 heavy (non-hydrogen) atoms. The Balaban J connectivity index is 1.83. The van der Waals surface area contributed by atoms with Crippen LogP contribution in [0, 0.1) is 0 Å². The number of benzene rings is 2. The van der Waals surface area contributed by atoms with Gasteiger partial charge in [-0.2, -0.15) is 0 Å². The SMILES string of the molecule is COC(=O)c1cccc(NC(=O)NCCOc2cccc(OC)c2OC)c1. The van der Waals surface area contributed by atoms with E-state index >= 15 is 0 Å². The van der Waals surface area contributed by atoms with Gasteiger partial charge < -0.3 is 29.6 Å². The zero-order valence-corrected chi connectivity index (χ0v) is 15.4. The second-order valence-electron chi connectivity index (χ2n) is 5.29. The van der Waals surface area contributed by atoms with E-state index in [0.717, 1.165) is 0 Å². The fourth-order valence-corrected chi connectivity index (χ4v) is 2.31. The standard InChI is InChI=1S/C19H22N2O6/c1-24-15-8-5-9-16(17(15)25-2)27-11-10-20-19(23)21-14-7-4-6-13(12-14)18(22)26-3/h4-9,12H,10-11H2,1-3H3,(H2,20,21,23). The number of urea groups is 1. The molecule has 0 aromatic heterocycles. The second-order valence-corrected chi connectivity index (χ2v) is 5.29. The molecular weight excluding hydrogens is 352 g/mol. The quantitative estimate of drug-likeness (QED) is 0.545. The molecular formula is C19H22N2O6. The van der Waals surface area contributed by atoms with Gasteiger partial charge in [-0.05, 0) is 30.3 Å². The third-order valence-electron chi connectivity index (χ3n) is 3.55. The van der Waals surface area contributed by atoms with Crippen molar-refractivity contribution in [3.63, 3.8) is 0 Å². The number of anilines is 1. The number of carbonyl (C=O) groups excluding carboxylic acids is 2. The van der Waals surface area contributed by atoms with Gasteiger partial charge in [0.05, 0.1) is 33.4 Å². The van der Waals surface area contributed by atoms with E-state index in [4.69, 9.17) is 14.2 Å². The van der Waals surface area contributed by atoms with Crippen molar-refractivity contribution in [2.45, 2.75) is 0 Å². The van der Waals surface area contributed by atoms with E-state index in [1.54, 1.807) is 43.5 Å². The summed E-state index contributed by atoms with van der Waals surface area (Å²) in [5.41, 5.74) is 0.828. The van der Waals surface area contributed by atoms with Gasteiger partial charge in [0.2, 0.25) is 5.75 Å². The summed E-state index contributed by atoms with van der Waals surface area (Å²) in [7, 11) is 4.37. The van der Waals surface area contributed by atoms with Gasteiger partial charge >= 0.3 is 12.0 Å². The maximum Gasteiger partial charge on any atom is 0.337 e. The third kappa shape index (κ3) is 5.53. The number of amides is 2. The van der Waals surface area contributed by atoms with E-state index in [1.807, 2.05) is 0 Å². The van der Waals surface area contributed by atoms with Gasteiger partial charge in [-0.25, -0.2) is 9.59 Å². The number of nitrogens with one attached hydrogen (secondary N) is 2. The van der Waals surface area contributed by atoms with Crippen LogP contribution in [-0.4, -0.2) is 46.5 Å². The Labute approximate surface area is 157 Å². The molecule has 0 spiro atoms. The minimum atomic E-state index is -0.473. The summed E-state index contributed by atoms with van der Waals surface area (Å²) in [6.07, 6.45) is 0. The Morgan fingerprint density at radius 3 is 2.41 bits per heavy atom. The highest BCUT2D eigenvalue weighted by molar-refractivity contribution is 5.93. The lowest BCUT2D eigenvalue weighted by atomic mass is 10.2. The van der Waals surface area contributed by atoms with Crippen LogP contribution in [0.5, 0.6) is 17.2 Å². The molecule has 0 saturated heterocycles. The highest BCUT2D eigenvalue weighted by Gasteiger charge is 2.11. The normalized spacial score (nSPS) is 9.89. The van der Waals surface area contributed by atoms with Crippen LogP contribution < -0.4 is 24.8 Å². The molecule has 0 aliphatic carbocycles. The molecule has 0 fully saturated rings. The summed E-state index contributed by atoms with van der Waals surface area (Å²) in [4.78, 5) is 23.5. The van der Waals surface area contributed by atoms with Crippen LogP contribution in [0.15, 0.2) is 42.5 Å². The maximum absolute atomic E-state index is 12.0. The molecule has 144 valence electrons. The number of methoxy groups -OCH3 is 3. The predicted molar refractivity (Wildman–Crippen MR) is 99.8 cm³/mol. The van der Waals surface area contributed by atoms with E-state index in [2.05, 4.69) is 15.4 Å². The van der Waals surface area contributed by atoms with Gasteiger partial charge in [0.1, 0.15) is 6.61 Å². The molecule has 0 bridgehead atoms. The first kappa shape index (κ1) is 19.9. The average Bonchev–Trinajstić information content (AvgIpc) is 2.70. The molecule has 8 heteroatoms. The highest BCUT2D eigenvalue weighted by atomic mass is 16.5. The number of hydrogen-bond acceptors (Lipinski definition) is 6. The molecule has 0 saturated carbocycles. The Kier molecular flexibility index (Phi) is 7.30. The van der Waals surface area contributed by atoms with Gasteiger partial charge in [0.25, 0.3) is 0 Å².